The molecule has 7 nitrogen and oxygen atoms in total. The first-order valence-corrected chi connectivity index (χ1v) is 6.65. The van der Waals surface area contributed by atoms with Gasteiger partial charge in [0.25, 0.3) is 0 Å². The number of nitrogens with zero attached hydrogens (tertiary/aromatic N) is 1. The van der Waals surface area contributed by atoms with Crippen LogP contribution in [0.25, 0.3) is 0 Å². The summed E-state index contributed by atoms with van der Waals surface area (Å²) in [7, 11) is 1.41. The van der Waals surface area contributed by atoms with E-state index in [1.165, 1.54) is 13.2 Å². The molecule has 0 aromatic heterocycles. The van der Waals surface area contributed by atoms with Crippen LogP contribution in [0.4, 0.5) is 5.69 Å². The van der Waals surface area contributed by atoms with E-state index >= 15 is 0 Å². The molecular weight excluding hydrogens is 274 g/mol. The van der Waals surface area contributed by atoms with Gasteiger partial charge >= 0.3 is 5.69 Å². The van der Waals surface area contributed by atoms with E-state index in [-0.39, 0.29) is 17.3 Å². The number of nitro benzene ring substituents is 1. The number of hydrogen-bond acceptors (Lipinski definition) is 5. The lowest BCUT2D eigenvalue weighted by Crippen LogP contribution is -2.44. The summed E-state index contributed by atoms with van der Waals surface area (Å²) >= 11 is 0. The van der Waals surface area contributed by atoms with Gasteiger partial charge in [-0.3, -0.25) is 20.2 Å². The van der Waals surface area contributed by atoms with Gasteiger partial charge in [0.05, 0.1) is 23.7 Å². The van der Waals surface area contributed by atoms with Crippen LogP contribution in [-0.4, -0.2) is 29.6 Å². The number of rotatable bonds is 4. The van der Waals surface area contributed by atoms with Crippen molar-refractivity contribution >= 4 is 11.6 Å². The van der Waals surface area contributed by atoms with Crippen molar-refractivity contribution in [3.8, 4) is 5.75 Å². The molecule has 0 radical (unpaired) electrons. The zero-order valence-electron chi connectivity index (χ0n) is 12.5. The van der Waals surface area contributed by atoms with Crippen molar-refractivity contribution < 1.29 is 14.5 Å². The van der Waals surface area contributed by atoms with Gasteiger partial charge in [0.15, 0.2) is 5.75 Å². The smallest absolute Gasteiger partial charge is 0.311 e. The molecule has 0 aliphatic carbocycles. The van der Waals surface area contributed by atoms with Crippen LogP contribution in [0.3, 0.4) is 0 Å². The highest BCUT2D eigenvalue weighted by Crippen LogP contribution is 2.32. The monoisotopic (exact) mass is 293 g/mol. The quantitative estimate of drug-likeness (QED) is 0.644. The number of carbonyl (C=O) groups is 1. The Morgan fingerprint density at radius 1 is 1.43 bits per heavy atom. The van der Waals surface area contributed by atoms with E-state index in [0.717, 1.165) is 5.56 Å². The highest BCUT2D eigenvalue weighted by Gasteiger charge is 2.36. The largest absolute Gasteiger partial charge is 0.490 e. The Morgan fingerprint density at radius 3 is 2.57 bits per heavy atom. The maximum absolute atomic E-state index is 11.9. The predicted octanol–water partition coefficient (Wildman–Crippen LogP) is 1.28. The minimum atomic E-state index is -0.471. The van der Waals surface area contributed by atoms with E-state index in [0.29, 0.717) is 12.0 Å². The van der Waals surface area contributed by atoms with Crippen LogP contribution in [0, 0.1) is 17.0 Å². The van der Waals surface area contributed by atoms with Crippen molar-refractivity contribution in [1.29, 1.82) is 0 Å². The number of amides is 1. The molecule has 2 rings (SSSR count). The highest BCUT2D eigenvalue weighted by molar-refractivity contribution is 5.85. The molecule has 1 saturated heterocycles. The second-order valence-electron chi connectivity index (χ2n) is 5.74. The molecule has 21 heavy (non-hydrogen) atoms. The number of hydrogen-bond donors (Lipinski definition) is 2. The van der Waals surface area contributed by atoms with Gasteiger partial charge in [0.1, 0.15) is 0 Å². The summed E-state index contributed by atoms with van der Waals surface area (Å²) < 4.78 is 5.08. The molecule has 0 bridgehead atoms. The van der Waals surface area contributed by atoms with Gasteiger partial charge in [0, 0.05) is 6.07 Å². The fraction of sp³-hybridized carbons (Fsp3) is 0.500. The fourth-order valence-electron chi connectivity index (χ4n) is 2.66. The molecule has 1 amide bonds. The molecule has 1 fully saturated rings. The van der Waals surface area contributed by atoms with E-state index in [1.807, 2.05) is 19.9 Å². The molecule has 1 aliphatic heterocycles. The summed E-state index contributed by atoms with van der Waals surface area (Å²) in [6.07, 6.45) is 0.390. The standard InChI is InChI=1S/C14H19N3O4/c1-8-5-9(7-11(17(19)20)12(8)21-4)6-10-13(18)16-14(2,3)15-10/h5,7,10,15H,6H2,1-4H3,(H,16,18). The molecule has 114 valence electrons. The SMILES string of the molecule is COc1c(C)cc(CC2NC(C)(C)NC2=O)cc1[N+](=O)[O-]. The van der Waals surface area contributed by atoms with E-state index in [9.17, 15) is 14.9 Å². The molecule has 2 N–H and O–H groups in total. The van der Waals surface area contributed by atoms with E-state index in [2.05, 4.69) is 10.6 Å². The van der Waals surface area contributed by atoms with Crippen molar-refractivity contribution in [2.45, 2.75) is 38.9 Å². The first-order valence-electron chi connectivity index (χ1n) is 6.65. The van der Waals surface area contributed by atoms with Crippen LogP contribution < -0.4 is 15.4 Å². The maximum Gasteiger partial charge on any atom is 0.311 e. The summed E-state index contributed by atoms with van der Waals surface area (Å²) in [5, 5.41) is 17.1. The average molecular weight is 293 g/mol. The summed E-state index contributed by atoms with van der Waals surface area (Å²) in [6.45, 7) is 5.49. The molecule has 0 saturated carbocycles. The normalized spacial score (nSPS) is 20.2. The van der Waals surface area contributed by atoms with Gasteiger partial charge in [-0.25, -0.2) is 0 Å². The molecule has 1 aliphatic rings. The Kier molecular flexibility index (Phi) is 3.87. The third kappa shape index (κ3) is 3.13. The van der Waals surface area contributed by atoms with E-state index in [4.69, 9.17) is 4.74 Å². The Hall–Kier alpha value is -2.15. The minimum absolute atomic E-state index is 0.0786. The lowest BCUT2D eigenvalue weighted by atomic mass is 10.0. The number of ether oxygens (including phenoxy) is 1. The third-order valence-electron chi connectivity index (χ3n) is 3.44. The van der Waals surface area contributed by atoms with Gasteiger partial charge in [-0.15, -0.1) is 0 Å². The lowest BCUT2D eigenvalue weighted by molar-refractivity contribution is -0.385. The highest BCUT2D eigenvalue weighted by atomic mass is 16.6. The third-order valence-corrected chi connectivity index (χ3v) is 3.44. The molecule has 1 unspecified atom stereocenters. The zero-order chi connectivity index (χ0) is 15.8. The second kappa shape index (κ2) is 5.33. The Bertz CT molecular complexity index is 598. The number of aryl methyl sites for hydroxylation is 1. The Balaban J connectivity index is 2.29. The molecule has 7 heteroatoms. The number of carbonyl (C=O) groups excluding carboxylic acids is 1. The fourth-order valence-corrected chi connectivity index (χ4v) is 2.66. The topological polar surface area (TPSA) is 93.5 Å². The average Bonchev–Trinajstić information content (AvgIpc) is 2.61. The maximum atomic E-state index is 11.9. The van der Waals surface area contributed by atoms with Crippen molar-refractivity contribution in [2.75, 3.05) is 7.11 Å². The van der Waals surface area contributed by atoms with Crippen LogP contribution in [-0.2, 0) is 11.2 Å². The molecular formula is C14H19N3O4. The van der Waals surface area contributed by atoms with Crippen molar-refractivity contribution in [3.05, 3.63) is 33.4 Å². The van der Waals surface area contributed by atoms with Gasteiger partial charge in [-0.2, -0.15) is 0 Å². The number of methoxy groups -OCH3 is 1. The molecule has 1 aromatic rings. The van der Waals surface area contributed by atoms with Crippen molar-refractivity contribution in [2.24, 2.45) is 0 Å². The summed E-state index contributed by atoms with van der Waals surface area (Å²) in [6, 6.07) is 2.88. The Morgan fingerprint density at radius 2 is 2.10 bits per heavy atom. The van der Waals surface area contributed by atoms with E-state index in [1.54, 1.807) is 6.92 Å². The second-order valence-corrected chi connectivity index (χ2v) is 5.74. The first kappa shape index (κ1) is 15.2. The summed E-state index contributed by atoms with van der Waals surface area (Å²) in [4.78, 5) is 22.5. The minimum Gasteiger partial charge on any atom is -0.490 e. The zero-order valence-corrected chi connectivity index (χ0v) is 12.5. The van der Waals surface area contributed by atoms with Gasteiger partial charge < -0.3 is 10.1 Å². The van der Waals surface area contributed by atoms with Crippen LogP contribution in [0.2, 0.25) is 0 Å². The van der Waals surface area contributed by atoms with Gasteiger partial charge in [0.2, 0.25) is 5.91 Å². The number of benzene rings is 1. The summed E-state index contributed by atoms with van der Waals surface area (Å²) in [5.41, 5.74) is 0.865. The van der Waals surface area contributed by atoms with Crippen molar-refractivity contribution in [1.82, 2.24) is 10.6 Å². The van der Waals surface area contributed by atoms with Crippen LogP contribution >= 0.6 is 0 Å². The van der Waals surface area contributed by atoms with Crippen LogP contribution in [0.15, 0.2) is 12.1 Å². The van der Waals surface area contributed by atoms with Gasteiger partial charge in [-0.05, 0) is 38.3 Å². The predicted molar refractivity (Wildman–Crippen MR) is 77.2 cm³/mol. The molecule has 0 spiro atoms. The van der Waals surface area contributed by atoms with Crippen molar-refractivity contribution in [3.63, 3.8) is 0 Å². The van der Waals surface area contributed by atoms with Crippen LogP contribution in [0.1, 0.15) is 25.0 Å². The lowest BCUT2D eigenvalue weighted by Gasteiger charge is -2.18. The first-order chi connectivity index (χ1) is 9.73. The number of nitrogens with one attached hydrogen (secondary N) is 2. The Labute approximate surface area is 122 Å². The summed E-state index contributed by atoms with van der Waals surface area (Å²) in [5.74, 6) is 0.157. The van der Waals surface area contributed by atoms with Gasteiger partial charge in [-0.1, -0.05) is 6.07 Å². The molecule has 1 atom stereocenters. The number of nitro groups is 1. The molecule has 1 heterocycles. The molecule has 1 aromatic carbocycles. The van der Waals surface area contributed by atoms with Crippen LogP contribution in [0.5, 0.6) is 5.75 Å². The van der Waals surface area contributed by atoms with E-state index < -0.39 is 16.6 Å².